The van der Waals surface area contributed by atoms with Crippen LogP contribution in [0.1, 0.15) is 19.4 Å². The topological polar surface area (TPSA) is 75.6 Å². The van der Waals surface area contributed by atoms with Gasteiger partial charge in [0.2, 0.25) is 10.0 Å². The summed E-state index contributed by atoms with van der Waals surface area (Å²) >= 11 is 7.48. The first-order valence-corrected chi connectivity index (χ1v) is 9.27. The van der Waals surface area contributed by atoms with Gasteiger partial charge >= 0.3 is 0 Å². The minimum atomic E-state index is -3.79. The second-order valence-electron chi connectivity index (χ2n) is 5.04. The lowest BCUT2D eigenvalue weighted by atomic mass is 10.2. The van der Waals surface area contributed by atoms with Gasteiger partial charge in [-0.05, 0) is 32.2 Å². The molecular weight excluding hydrogens is 334 g/mol. The van der Waals surface area contributed by atoms with Gasteiger partial charge in [0.25, 0.3) is 0 Å². The van der Waals surface area contributed by atoms with Crippen molar-refractivity contribution in [2.45, 2.75) is 30.1 Å². The molecule has 120 valence electrons. The van der Waals surface area contributed by atoms with Gasteiger partial charge in [0.05, 0.1) is 13.7 Å². The number of hydrogen-bond acceptors (Lipinski definition) is 5. The number of nitrogens with one attached hydrogen (secondary N) is 1. The SMILES string of the molecule is COc1c(CO)cc(Cl)cc1S(=O)(=O)NCC(C)(C)SC. The maximum absolute atomic E-state index is 12.5. The van der Waals surface area contributed by atoms with Gasteiger partial charge < -0.3 is 9.84 Å². The van der Waals surface area contributed by atoms with E-state index in [1.54, 1.807) is 11.8 Å². The maximum atomic E-state index is 12.5. The molecule has 8 heteroatoms. The Labute approximate surface area is 135 Å². The van der Waals surface area contributed by atoms with Gasteiger partial charge in [0.15, 0.2) is 0 Å². The van der Waals surface area contributed by atoms with Crippen LogP contribution in [-0.4, -0.2) is 38.2 Å². The molecule has 0 spiro atoms. The zero-order valence-electron chi connectivity index (χ0n) is 12.4. The average molecular weight is 354 g/mol. The molecule has 0 bridgehead atoms. The molecule has 0 amide bonds. The van der Waals surface area contributed by atoms with Crippen molar-refractivity contribution in [3.05, 3.63) is 22.7 Å². The number of rotatable bonds is 7. The molecule has 0 atom stereocenters. The van der Waals surface area contributed by atoms with Crippen molar-refractivity contribution in [3.8, 4) is 5.75 Å². The van der Waals surface area contributed by atoms with E-state index in [4.69, 9.17) is 16.3 Å². The summed E-state index contributed by atoms with van der Waals surface area (Å²) in [6, 6.07) is 2.79. The summed E-state index contributed by atoms with van der Waals surface area (Å²) in [7, 11) is -2.43. The highest BCUT2D eigenvalue weighted by molar-refractivity contribution is 8.00. The fourth-order valence-electron chi connectivity index (χ4n) is 1.59. The number of halogens is 1. The molecule has 1 aromatic carbocycles. The van der Waals surface area contributed by atoms with Crippen molar-refractivity contribution in [3.63, 3.8) is 0 Å². The molecule has 0 aliphatic carbocycles. The van der Waals surface area contributed by atoms with Gasteiger partial charge in [-0.1, -0.05) is 11.6 Å². The summed E-state index contributed by atoms with van der Waals surface area (Å²) < 4.78 is 32.3. The lowest BCUT2D eigenvalue weighted by Gasteiger charge is -2.23. The summed E-state index contributed by atoms with van der Waals surface area (Å²) in [5.74, 6) is 0.108. The number of aliphatic hydroxyl groups excluding tert-OH is 1. The van der Waals surface area contributed by atoms with E-state index in [0.29, 0.717) is 5.56 Å². The van der Waals surface area contributed by atoms with Crippen molar-refractivity contribution in [2.24, 2.45) is 0 Å². The Morgan fingerprint density at radius 3 is 2.52 bits per heavy atom. The lowest BCUT2D eigenvalue weighted by Crippen LogP contribution is -2.36. The second kappa shape index (κ2) is 7.19. The highest BCUT2D eigenvalue weighted by Gasteiger charge is 2.26. The van der Waals surface area contributed by atoms with Crippen LogP contribution in [0.25, 0.3) is 0 Å². The van der Waals surface area contributed by atoms with E-state index in [-0.39, 0.29) is 33.6 Å². The largest absolute Gasteiger partial charge is 0.495 e. The molecule has 0 aliphatic heterocycles. The van der Waals surface area contributed by atoms with Gasteiger partial charge in [0, 0.05) is 21.9 Å². The van der Waals surface area contributed by atoms with Gasteiger partial charge in [0.1, 0.15) is 10.6 Å². The summed E-state index contributed by atoms with van der Waals surface area (Å²) in [6.45, 7) is 3.78. The van der Waals surface area contributed by atoms with Gasteiger partial charge in [-0.15, -0.1) is 0 Å². The minimum Gasteiger partial charge on any atom is -0.495 e. The third-order valence-corrected chi connectivity index (χ3v) is 5.88. The number of sulfonamides is 1. The molecule has 0 heterocycles. The van der Waals surface area contributed by atoms with Crippen molar-refractivity contribution < 1.29 is 18.3 Å². The molecule has 0 unspecified atom stereocenters. The Morgan fingerprint density at radius 2 is 2.05 bits per heavy atom. The van der Waals surface area contributed by atoms with E-state index in [1.165, 1.54) is 19.2 Å². The monoisotopic (exact) mass is 353 g/mol. The van der Waals surface area contributed by atoms with E-state index in [1.807, 2.05) is 20.1 Å². The van der Waals surface area contributed by atoms with Crippen molar-refractivity contribution in [2.75, 3.05) is 19.9 Å². The predicted octanol–water partition coefficient (Wildman–Crippen LogP) is 2.26. The van der Waals surface area contributed by atoms with Crippen LogP contribution in [0.3, 0.4) is 0 Å². The average Bonchev–Trinajstić information content (AvgIpc) is 2.44. The van der Waals surface area contributed by atoms with Gasteiger partial charge in [-0.2, -0.15) is 11.8 Å². The van der Waals surface area contributed by atoms with Crippen LogP contribution >= 0.6 is 23.4 Å². The zero-order chi connectivity index (χ0) is 16.3. The van der Waals surface area contributed by atoms with Gasteiger partial charge in [-0.25, -0.2) is 13.1 Å². The highest BCUT2D eigenvalue weighted by atomic mass is 35.5. The molecule has 0 aromatic heterocycles. The minimum absolute atomic E-state index is 0.0709. The number of thioether (sulfide) groups is 1. The lowest BCUT2D eigenvalue weighted by molar-refractivity contribution is 0.272. The third kappa shape index (κ3) is 4.75. The highest BCUT2D eigenvalue weighted by Crippen LogP contribution is 2.32. The molecule has 1 aromatic rings. The van der Waals surface area contributed by atoms with Crippen LogP contribution in [0.5, 0.6) is 5.75 Å². The summed E-state index contributed by atoms with van der Waals surface area (Å²) in [4.78, 5) is -0.0709. The standard InChI is InChI=1S/C13H20ClNO4S2/c1-13(2,20-4)8-15-21(17,18)11-6-10(14)5-9(7-16)12(11)19-3/h5-6,15-16H,7-8H2,1-4H3. The first kappa shape index (κ1) is 18.6. The Morgan fingerprint density at radius 1 is 1.43 bits per heavy atom. The van der Waals surface area contributed by atoms with Crippen molar-refractivity contribution >= 4 is 33.4 Å². The number of methoxy groups -OCH3 is 1. The number of ether oxygens (including phenoxy) is 1. The fourth-order valence-corrected chi connectivity index (χ4v) is 3.65. The quantitative estimate of drug-likeness (QED) is 0.786. The second-order valence-corrected chi connectivity index (χ2v) is 8.73. The first-order chi connectivity index (χ1) is 9.66. The molecule has 5 nitrogen and oxygen atoms in total. The first-order valence-electron chi connectivity index (χ1n) is 6.19. The molecule has 0 fully saturated rings. The molecule has 0 aliphatic rings. The Balaban J connectivity index is 3.22. The van der Waals surface area contributed by atoms with Crippen LogP contribution in [-0.2, 0) is 16.6 Å². The Bertz CT molecular complexity index is 602. The third-order valence-electron chi connectivity index (χ3n) is 3.00. The number of hydrogen-bond donors (Lipinski definition) is 2. The summed E-state index contributed by atoms with van der Waals surface area (Å²) in [5.41, 5.74) is 0.328. The molecule has 0 radical (unpaired) electrons. The van der Waals surface area contributed by atoms with Crippen LogP contribution in [0.2, 0.25) is 5.02 Å². The van der Waals surface area contributed by atoms with E-state index in [0.717, 1.165) is 0 Å². The van der Waals surface area contributed by atoms with Crippen LogP contribution in [0.15, 0.2) is 17.0 Å². The zero-order valence-corrected chi connectivity index (χ0v) is 14.8. The van der Waals surface area contributed by atoms with Crippen molar-refractivity contribution in [1.29, 1.82) is 0 Å². The molecule has 1 rings (SSSR count). The molecule has 2 N–H and O–H groups in total. The molecule has 21 heavy (non-hydrogen) atoms. The van der Waals surface area contributed by atoms with E-state index < -0.39 is 10.0 Å². The number of benzene rings is 1. The number of aliphatic hydroxyl groups is 1. The van der Waals surface area contributed by atoms with E-state index >= 15 is 0 Å². The summed E-state index contributed by atoms with van der Waals surface area (Å²) in [6.07, 6.45) is 1.91. The Kier molecular flexibility index (Phi) is 6.36. The predicted molar refractivity (Wildman–Crippen MR) is 86.7 cm³/mol. The fraction of sp³-hybridized carbons (Fsp3) is 0.538. The van der Waals surface area contributed by atoms with Crippen LogP contribution in [0, 0.1) is 0 Å². The van der Waals surface area contributed by atoms with Crippen LogP contribution < -0.4 is 9.46 Å². The summed E-state index contributed by atoms with van der Waals surface area (Å²) in [5, 5.41) is 9.53. The maximum Gasteiger partial charge on any atom is 0.244 e. The van der Waals surface area contributed by atoms with Gasteiger partial charge in [-0.3, -0.25) is 0 Å². The smallest absolute Gasteiger partial charge is 0.244 e. The van der Waals surface area contributed by atoms with E-state index in [2.05, 4.69) is 4.72 Å². The molecule has 0 saturated carbocycles. The van der Waals surface area contributed by atoms with Crippen LogP contribution in [0.4, 0.5) is 0 Å². The van der Waals surface area contributed by atoms with E-state index in [9.17, 15) is 13.5 Å². The van der Waals surface area contributed by atoms with Crippen molar-refractivity contribution in [1.82, 2.24) is 4.72 Å². The molecular formula is C13H20ClNO4S2. The molecule has 0 saturated heterocycles. The normalized spacial score (nSPS) is 12.5. The Hall–Kier alpha value is -0.470.